The van der Waals surface area contributed by atoms with E-state index in [0.29, 0.717) is 10.7 Å². The van der Waals surface area contributed by atoms with Gasteiger partial charge in [0.1, 0.15) is 5.69 Å². The molecule has 0 radical (unpaired) electrons. The standard InChI is InChI=1S/C20H19ClN2O.CH4/c1-13(2)23(3)20(24)18-12-14-8-4-5-9-15(14)19(22-18)16-10-6-7-11-17(16)21;/h4-13H,1-3H3;1H4. The predicted octanol–water partition coefficient (Wildman–Crippen LogP) is 5.67. The first-order valence-electron chi connectivity index (χ1n) is 7.91. The van der Waals surface area contributed by atoms with E-state index in [2.05, 4.69) is 4.98 Å². The molecule has 4 heteroatoms. The summed E-state index contributed by atoms with van der Waals surface area (Å²) in [6.45, 7) is 3.96. The van der Waals surface area contributed by atoms with E-state index in [4.69, 9.17) is 11.6 Å². The maximum Gasteiger partial charge on any atom is 0.272 e. The van der Waals surface area contributed by atoms with Crippen molar-refractivity contribution in [1.29, 1.82) is 0 Å². The molecule has 3 nitrogen and oxygen atoms in total. The van der Waals surface area contributed by atoms with Gasteiger partial charge in [-0.2, -0.15) is 0 Å². The van der Waals surface area contributed by atoms with Crippen LogP contribution < -0.4 is 0 Å². The van der Waals surface area contributed by atoms with Gasteiger partial charge in [0.25, 0.3) is 5.91 Å². The van der Waals surface area contributed by atoms with Gasteiger partial charge in [-0.1, -0.05) is 61.5 Å². The number of nitrogens with zero attached hydrogens (tertiary/aromatic N) is 2. The number of aromatic nitrogens is 1. The van der Waals surface area contributed by atoms with Crippen LogP contribution >= 0.6 is 11.6 Å². The van der Waals surface area contributed by atoms with E-state index in [1.165, 1.54) is 0 Å². The van der Waals surface area contributed by atoms with E-state index in [9.17, 15) is 4.79 Å². The first kappa shape index (κ1) is 18.9. The van der Waals surface area contributed by atoms with Crippen molar-refractivity contribution in [2.45, 2.75) is 27.3 Å². The van der Waals surface area contributed by atoms with Crippen LogP contribution in [0.15, 0.2) is 54.6 Å². The maximum absolute atomic E-state index is 12.7. The van der Waals surface area contributed by atoms with E-state index >= 15 is 0 Å². The number of halogens is 1. The quantitative estimate of drug-likeness (QED) is 0.607. The number of benzene rings is 2. The molecule has 0 bridgehead atoms. The van der Waals surface area contributed by atoms with E-state index < -0.39 is 0 Å². The van der Waals surface area contributed by atoms with Crippen molar-refractivity contribution in [2.75, 3.05) is 7.05 Å². The van der Waals surface area contributed by atoms with Crippen LogP contribution in [0.4, 0.5) is 0 Å². The summed E-state index contributed by atoms with van der Waals surface area (Å²) in [5.74, 6) is -0.0935. The van der Waals surface area contributed by atoms with E-state index in [0.717, 1.165) is 22.0 Å². The number of fused-ring (bicyclic) bond motifs is 1. The molecule has 0 saturated carbocycles. The SMILES string of the molecule is C.CC(C)N(C)C(=O)c1cc2ccccc2c(-c2ccccc2Cl)n1. The third-order valence-electron chi connectivity index (χ3n) is 4.18. The molecule has 0 fully saturated rings. The van der Waals surface area contributed by atoms with Gasteiger partial charge in [0.15, 0.2) is 0 Å². The highest BCUT2D eigenvalue weighted by Crippen LogP contribution is 2.32. The first-order chi connectivity index (χ1) is 11.5. The third-order valence-corrected chi connectivity index (χ3v) is 4.51. The zero-order valence-electron chi connectivity index (χ0n) is 14.0. The van der Waals surface area contributed by atoms with Crippen LogP contribution in [0.25, 0.3) is 22.0 Å². The van der Waals surface area contributed by atoms with Gasteiger partial charge in [-0.15, -0.1) is 0 Å². The molecular weight excluding hydrogens is 332 g/mol. The summed E-state index contributed by atoms with van der Waals surface area (Å²) < 4.78 is 0. The lowest BCUT2D eigenvalue weighted by Gasteiger charge is -2.21. The molecule has 0 aliphatic carbocycles. The number of pyridine rings is 1. The summed E-state index contributed by atoms with van der Waals surface area (Å²) in [4.78, 5) is 19.1. The Morgan fingerprint density at radius 1 is 1.08 bits per heavy atom. The molecule has 0 unspecified atom stereocenters. The van der Waals surface area contributed by atoms with Crippen LogP contribution in [0.2, 0.25) is 5.02 Å². The molecule has 130 valence electrons. The lowest BCUT2D eigenvalue weighted by Crippen LogP contribution is -2.33. The molecule has 2 aromatic carbocycles. The molecule has 0 aliphatic heterocycles. The molecule has 0 atom stereocenters. The summed E-state index contributed by atoms with van der Waals surface area (Å²) in [7, 11) is 1.79. The Labute approximate surface area is 154 Å². The fraction of sp³-hybridized carbons (Fsp3) is 0.238. The number of carbonyl (C=O) groups is 1. The van der Waals surface area contributed by atoms with Crippen molar-refractivity contribution in [3.8, 4) is 11.3 Å². The van der Waals surface area contributed by atoms with Crippen molar-refractivity contribution >= 4 is 28.3 Å². The zero-order valence-corrected chi connectivity index (χ0v) is 14.7. The summed E-state index contributed by atoms with van der Waals surface area (Å²) in [6, 6.07) is 17.4. The van der Waals surface area contributed by atoms with Crippen molar-refractivity contribution in [2.24, 2.45) is 0 Å². The van der Waals surface area contributed by atoms with Gasteiger partial charge in [-0.05, 0) is 31.4 Å². The summed E-state index contributed by atoms with van der Waals surface area (Å²) in [5, 5.41) is 2.58. The van der Waals surface area contributed by atoms with E-state index in [1.54, 1.807) is 11.9 Å². The van der Waals surface area contributed by atoms with Gasteiger partial charge in [0, 0.05) is 29.1 Å². The monoisotopic (exact) mass is 354 g/mol. The van der Waals surface area contributed by atoms with Gasteiger partial charge in [0.2, 0.25) is 0 Å². The largest absolute Gasteiger partial charge is 0.338 e. The Balaban J connectivity index is 0.00000225. The Hall–Kier alpha value is -2.39. The van der Waals surface area contributed by atoms with E-state index in [-0.39, 0.29) is 19.4 Å². The molecular formula is C21H23ClN2O. The first-order valence-corrected chi connectivity index (χ1v) is 8.28. The second-order valence-corrected chi connectivity index (χ2v) is 6.47. The maximum atomic E-state index is 12.7. The summed E-state index contributed by atoms with van der Waals surface area (Å²) >= 11 is 6.37. The Morgan fingerprint density at radius 2 is 1.72 bits per heavy atom. The second-order valence-electron chi connectivity index (χ2n) is 6.07. The van der Waals surface area contributed by atoms with Crippen LogP contribution in [0.5, 0.6) is 0 Å². The number of hydrogen-bond acceptors (Lipinski definition) is 2. The van der Waals surface area contributed by atoms with Crippen molar-refractivity contribution in [3.05, 3.63) is 65.3 Å². The highest BCUT2D eigenvalue weighted by molar-refractivity contribution is 6.33. The average molecular weight is 355 g/mol. The summed E-state index contributed by atoms with van der Waals surface area (Å²) in [5.41, 5.74) is 2.00. The van der Waals surface area contributed by atoms with Gasteiger partial charge in [-0.3, -0.25) is 4.79 Å². The van der Waals surface area contributed by atoms with Crippen LogP contribution in [-0.2, 0) is 0 Å². The Morgan fingerprint density at radius 3 is 2.40 bits per heavy atom. The van der Waals surface area contributed by atoms with Gasteiger partial charge in [0.05, 0.1) is 5.69 Å². The second kappa shape index (κ2) is 7.66. The lowest BCUT2D eigenvalue weighted by molar-refractivity contribution is 0.0749. The average Bonchev–Trinajstić information content (AvgIpc) is 2.60. The molecule has 3 rings (SSSR count). The van der Waals surface area contributed by atoms with Crippen molar-refractivity contribution in [1.82, 2.24) is 9.88 Å². The van der Waals surface area contributed by atoms with Gasteiger partial charge >= 0.3 is 0 Å². The van der Waals surface area contributed by atoms with Crippen LogP contribution in [0.1, 0.15) is 31.8 Å². The number of amides is 1. The minimum atomic E-state index is -0.0935. The third kappa shape index (κ3) is 3.67. The summed E-state index contributed by atoms with van der Waals surface area (Å²) in [6.07, 6.45) is 0. The van der Waals surface area contributed by atoms with E-state index in [1.807, 2.05) is 68.4 Å². The molecule has 1 aromatic heterocycles. The van der Waals surface area contributed by atoms with Crippen molar-refractivity contribution in [3.63, 3.8) is 0 Å². The predicted molar refractivity (Wildman–Crippen MR) is 106 cm³/mol. The molecule has 3 aromatic rings. The lowest BCUT2D eigenvalue weighted by atomic mass is 10.0. The molecule has 0 spiro atoms. The zero-order chi connectivity index (χ0) is 17.3. The smallest absolute Gasteiger partial charge is 0.272 e. The molecule has 0 N–H and O–H groups in total. The number of hydrogen-bond donors (Lipinski definition) is 0. The minimum absolute atomic E-state index is 0. The number of carbonyl (C=O) groups excluding carboxylic acids is 1. The highest BCUT2D eigenvalue weighted by Gasteiger charge is 2.19. The fourth-order valence-electron chi connectivity index (χ4n) is 2.58. The topological polar surface area (TPSA) is 33.2 Å². The van der Waals surface area contributed by atoms with Crippen LogP contribution in [0.3, 0.4) is 0 Å². The van der Waals surface area contributed by atoms with Gasteiger partial charge in [-0.25, -0.2) is 4.98 Å². The van der Waals surface area contributed by atoms with Crippen LogP contribution in [0, 0.1) is 0 Å². The Kier molecular flexibility index (Phi) is 5.81. The minimum Gasteiger partial charge on any atom is -0.338 e. The normalized spacial score (nSPS) is 10.6. The molecule has 1 heterocycles. The molecule has 0 aliphatic rings. The molecule has 0 saturated heterocycles. The molecule has 1 amide bonds. The number of rotatable bonds is 3. The van der Waals surface area contributed by atoms with Crippen LogP contribution in [-0.4, -0.2) is 28.9 Å². The van der Waals surface area contributed by atoms with Gasteiger partial charge < -0.3 is 4.90 Å². The Bertz CT molecular complexity index is 905. The van der Waals surface area contributed by atoms with Crippen molar-refractivity contribution < 1.29 is 4.79 Å². The highest BCUT2D eigenvalue weighted by atomic mass is 35.5. The fourth-order valence-corrected chi connectivity index (χ4v) is 2.81. The molecule has 25 heavy (non-hydrogen) atoms.